The second kappa shape index (κ2) is 9.40. The van der Waals surface area contributed by atoms with E-state index >= 15 is 0 Å². The molecule has 158 valence electrons. The maximum atomic E-state index is 12.9. The van der Waals surface area contributed by atoms with Crippen molar-refractivity contribution in [3.8, 4) is 11.5 Å². The van der Waals surface area contributed by atoms with Gasteiger partial charge in [0.25, 0.3) is 0 Å². The van der Waals surface area contributed by atoms with Crippen LogP contribution in [0.5, 0.6) is 11.5 Å². The highest BCUT2D eigenvalue weighted by atomic mass is 19.3. The molecule has 7 nitrogen and oxygen atoms in total. The van der Waals surface area contributed by atoms with Crippen LogP contribution in [0.4, 0.5) is 14.5 Å². The molecule has 1 unspecified atom stereocenters. The summed E-state index contributed by atoms with van der Waals surface area (Å²) in [5.41, 5.74) is 2.04. The number of methoxy groups -OCH3 is 1. The first-order chi connectivity index (χ1) is 13.7. The average molecular weight is 410 g/mol. The third-order valence-corrected chi connectivity index (χ3v) is 4.32. The number of H-pyrrole nitrogens is 1. The van der Waals surface area contributed by atoms with E-state index in [4.69, 9.17) is 9.47 Å². The van der Waals surface area contributed by atoms with E-state index in [0.717, 1.165) is 0 Å². The van der Waals surface area contributed by atoms with Crippen LogP contribution in [0.1, 0.15) is 46.0 Å². The lowest BCUT2D eigenvalue weighted by atomic mass is 10.0. The fourth-order valence-corrected chi connectivity index (χ4v) is 2.99. The number of halogens is 2. The van der Waals surface area contributed by atoms with Gasteiger partial charge in [-0.25, -0.2) is 4.79 Å². The fraction of sp³-hybridized carbons (Fsp3) is 0.400. The number of hydrogen-bond donors (Lipinski definition) is 2. The summed E-state index contributed by atoms with van der Waals surface area (Å²) in [4.78, 5) is 27.9. The first-order valence-corrected chi connectivity index (χ1v) is 8.99. The molecule has 0 aliphatic heterocycles. The largest absolute Gasteiger partial charge is 0.493 e. The van der Waals surface area contributed by atoms with Gasteiger partial charge in [-0.15, -0.1) is 0 Å². The highest BCUT2D eigenvalue weighted by Gasteiger charge is 2.26. The molecule has 0 aliphatic carbocycles. The Hall–Kier alpha value is -3.10. The number of esters is 1. The zero-order valence-electron chi connectivity index (χ0n) is 16.9. The van der Waals surface area contributed by atoms with Crippen molar-refractivity contribution in [2.75, 3.05) is 19.0 Å². The fourth-order valence-electron chi connectivity index (χ4n) is 2.99. The molecular formula is C20H24F2N2O5. The number of alkyl halides is 2. The van der Waals surface area contributed by atoms with Crippen molar-refractivity contribution in [1.82, 2.24) is 4.98 Å². The van der Waals surface area contributed by atoms with Gasteiger partial charge in [-0.2, -0.15) is 8.78 Å². The zero-order chi connectivity index (χ0) is 21.7. The van der Waals surface area contributed by atoms with Crippen molar-refractivity contribution in [1.29, 1.82) is 0 Å². The Bertz CT molecular complexity index is 895. The Morgan fingerprint density at radius 1 is 1.21 bits per heavy atom. The maximum absolute atomic E-state index is 12.9. The van der Waals surface area contributed by atoms with Gasteiger partial charge in [0, 0.05) is 17.4 Å². The van der Waals surface area contributed by atoms with Gasteiger partial charge in [-0.05, 0) is 45.4 Å². The van der Waals surface area contributed by atoms with E-state index in [0.29, 0.717) is 22.5 Å². The minimum Gasteiger partial charge on any atom is -0.493 e. The van der Waals surface area contributed by atoms with Crippen molar-refractivity contribution in [3.63, 3.8) is 0 Å². The molecule has 1 atom stereocenters. The van der Waals surface area contributed by atoms with Crippen LogP contribution >= 0.6 is 0 Å². The number of aryl methyl sites for hydroxylation is 1. The quantitative estimate of drug-likeness (QED) is 0.478. The number of rotatable bonds is 9. The van der Waals surface area contributed by atoms with Crippen LogP contribution < -0.4 is 14.8 Å². The summed E-state index contributed by atoms with van der Waals surface area (Å²) in [6.45, 7) is 3.89. The number of hydrogen-bond acceptors (Lipinski definition) is 6. The summed E-state index contributed by atoms with van der Waals surface area (Å²) < 4.78 is 39.7. The molecule has 2 aromatic rings. The van der Waals surface area contributed by atoms with E-state index in [9.17, 15) is 18.4 Å². The van der Waals surface area contributed by atoms with Gasteiger partial charge in [-0.3, -0.25) is 4.79 Å². The molecule has 0 saturated carbocycles. The van der Waals surface area contributed by atoms with E-state index in [1.54, 1.807) is 33.8 Å². The van der Waals surface area contributed by atoms with Gasteiger partial charge in [0.05, 0.1) is 31.0 Å². The molecule has 2 rings (SSSR count). The van der Waals surface area contributed by atoms with Crippen LogP contribution in [0.25, 0.3) is 0 Å². The molecule has 1 aromatic carbocycles. The summed E-state index contributed by atoms with van der Waals surface area (Å²) in [5.74, 6) is -0.802. The number of aromatic amines is 1. The van der Waals surface area contributed by atoms with Crippen LogP contribution in [-0.2, 0) is 4.74 Å². The summed E-state index contributed by atoms with van der Waals surface area (Å²) in [6, 6.07) is 3.65. The van der Waals surface area contributed by atoms with Gasteiger partial charge in [0.2, 0.25) is 5.78 Å². The van der Waals surface area contributed by atoms with Gasteiger partial charge in [0.1, 0.15) is 0 Å². The molecule has 0 spiro atoms. The Morgan fingerprint density at radius 2 is 1.90 bits per heavy atom. The normalized spacial score (nSPS) is 11.9. The smallest absolute Gasteiger partial charge is 0.387 e. The topological polar surface area (TPSA) is 89.7 Å². The number of Topliss-reactive ketones (excluding diaryl/α,β-unsaturated/α-hetero) is 1. The van der Waals surface area contributed by atoms with Gasteiger partial charge >= 0.3 is 12.6 Å². The predicted molar refractivity (Wildman–Crippen MR) is 103 cm³/mol. The van der Waals surface area contributed by atoms with Gasteiger partial charge < -0.3 is 24.5 Å². The van der Waals surface area contributed by atoms with Crippen LogP contribution in [0.2, 0.25) is 0 Å². The Kier molecular flexibility index (Phi) is 7.19. The first kappa shape index (κ1) is 22.2. The second-order valence-corrected chi connectivity index (χ2v) is 6.32. The second-order valence-electron chi connectivity index (χ2n) is 6.32. The van der Waals surface area contributed by atoms with E-state index in [-0.39, 0.29) is 29.6 Å². The van der Waals surface area contributed by atoms with E-state index < -0.39 is 18.6 Å². The predicted octanol–water partition coefficient (Wildman–Crippen LogP) is 4.10. The standard InChI is InChI=1S/C20H24F2N2O5/c1-6-28-19(26)16-10(2)17(24-11(16)3)18(25)12(4)23-13-7-8-14(27-5)15(9-13)29-20(21)22/h7-9,12,20,23-24H,6H2,1-5H3. The molecular weight excluding hydrogens is 386 g/mol. The summed E-state index contributed by atoms with van der Waals surface area (Å²) in [5, 5.41) is 2.95. The van der Waals surface area contributed by atoms with Crippen molar-refractivity contribution in [2.45, 2.75) is 40.3 Å². The number of nitrogens with one attached hydrogen (secondary N) is 2. The first-order valence-electron chi connectivity index (χ1n) is 8.99. The SMILES string of the molecule is CCOC(=O)c1c(C)[nH]c(C(=O)C(C)Nc2ccc(OC)c(OC(F)F)c2)c1C. The van der Waals surface area contributed by atoms with Crippen LogP contribution in [0, 0.1) is 13.8 Å². The highest BCUT2D eigenvalue weighted by Crippen LogP contribution is 2.32. The number of anilines is 1. The van der Waals surface area contributed by atoms with Gasteiger partial charge in [-0.1, -0.05) is 0 Å². The Balaban J connectivity index is 2.23. The minimum absolute atomic E-state index is 0.143. The van der Waals surface area contributed by atoms with Crippen LogP contribution in [0.3, 0.4) is 0 Å². The lowest BCUT2D eigenvalue weighted by Gasteiger charge is -2.16. The monoisotopic (exact) mass is 410 g/mol. The van der Waals surface area contributed by atoms with Crippen molar-refractivity contribution in [2.24, 2.45) is 0 Å². The molecule has 0 aliphatic rings. The Morgan fingerprint density at radius 3 is 2.48 bits per heavy atom. The molecule has 9 heteroatoms. The summed E-state index contributed by atoms with van der Waals surface area (Å²) in [7, 11) is 1.34. The third-order valence-electron chi connectivity index (χ3n) is 4.32. The molecule has 1 aromatic heterocycles. The number of benzene rings is 1. The number of ether oxygens (including phenoxy) is 3. The van der Waals surface area contributed by atoms with Gasteiger partial charge in [0.15, 0.2) is 11.5 Å². The molecule has 0 saturated heterocycles. The number of aromatic nitrogens is 1. The van der Waals surface area contributed by atoms with E-state index in [2.05, 4.69) is 15.0 Å². The molecule has 0 fully saturated rings. The Labute approximate surface area is 167 Å². The molecule has 0 radical (unpaired) electrons. The van der Waals surface area contributed by atoms with E-state index in [1.807, 2.05) is 0 Å². The molecule has 29 heavy (non-hydrogen) atoms. The maximum Gasteiger partial charge on any atom is 0.387 e. The zero-order valence-corrected chi connectivity index (χ0v) is 16.9. The highest BCUT2D eigenvalue weighted by molar-refractivity contribution is 6.04. The van der Waals surface area contributed by atoms with Crippen molar-refractivity contribution >= 4 is 17.4 Å². The summed E-state index contributed by atoms with van der Waals surface area (Å²) >= 11 is 0. The minimum atomic E-state index is -3.01. The number of carbonyl (C=O) groups excluding carboxylic acids is 2. The van der Waals surface area contributed by atoms with Crippen LogP contribution in [0.15, 0.2) is 18.2 Å². The van der Waals surface area contributed by atoms with Crippen molar-refractivity contribution in [3.05, 3.63) is 40.7 Å². The van der Waals surface area contributed by atoms with Crippen molar-refractivity contribution < 1.29 is 32.6 Å². The third kappa shape index (κ3) is 5.04. The molecule has 1 heterocycles. The summed E-state index contributed by atoms with van der Waals surface area (Å²) in [6.07, 6.45) is 0. The average Bonchev–Trinajstić information content (AvgIpc) is 2.95. The molecule has 0 bridgehead atoms. The molecule has 2 N–H and O–H groups in total. The van der Waals surface area contributed by atoms with E-state index in [1.165, 1.54) is 19.2 Å². The van der Waals surface area contributed by atoms with Crippen LogP contribution in [-0.4, -0.2) is 43.1 Å². The lowest BCUT2D eigenvalue weighted by Crippen LogP contribution is -2.27. The number of ketones is 1. The number of carbonyl (C=O) groups is 2. The lowest BCUT2D eigenvalue weighted by molar-refractivity contribution is -0.0511. The molecule has 0 amide bonds.